The molecule has 0 saturated carbocycles. The fourth-order valence-corrected chi connectivity index (χ4v) is 5.25. The first-order chi connectivity index (χ1) is 13.8. The number of hydrogen-bond acceptors (Lipinski definition) is 4. The SMILES string of the molecule is CCOc1ccc(NC(=O)c2ccc(C)cc2C)cc1S(=O)(=O)N1CCCCC1. The number of aryl methyl sites for hydroxylation is 2. The summed E-state index contributed by atoms with van der Waals surface area (Å²) >= 11 is 0. The van der Waals surface area contributed by atoms with Crippen LogP contribution in [0.5, 0.6) is 5.75 Å². The summed E-state index contributed by atoms with van der Waals surface area (Å²) in [6.45, 7) is 7.04. The van der Waals surface area contributed by atoms with E-state index in [-0.39, 0.29) is 10.8 Å². The van der Waals surface area contributed by atoms with Crippen molar-refractivity contribution in [3.63, 3.8) is 0 Å². The summed E-state index contributed by atoms with van der Waals surface area (Å²) in [7, 11) is -3.69. The van der Waals surface area contributed by atoms with Crippen LogP contribution in [0.2, 0.25) is 0 Å². The number of sulfonamides is 1. The Morgan fingerprint density at radius 1 is 1.07 bits per heavy atom. The van der Waals surface area contributed by atoms with Gasteiger partial charge in [0, 0.05) is 24.3 Å². The summed E-state index contributed by atoms with van der Waals surface area (Å²) < 4.78 is 33.5. The van der Waals surface area contributed by atoms with Crippen molar-refractivity contribution in [2.75, 3.05) is 25.0 Å². The van der Waals surface area contributed by atoms with Crippen molar-refractivity contribution in [1.82, 2.24) is 4.31 Å². The van der Waals surface area contributed by atoms with Crippen molar-refractivity contribution in [2.24, 2.45) is 0 Å². The number of anilines is 1. The topological polar surface area (TPSA) is 75.7 Å². The van der Waals surface area contributed by atoms with Crippen LogP contribution in [0.4, 0.5) is 5.69 Å². The Morgan fingerprint density at radius 2 is 1.79 bits per heavy atom. The molecule has 0 aromatic heterocycles. The molecule has 1 heterocycles. The first-order valence-corrected chi connectivity index (χ1v) is 11.4. The number of rotatable bonds is 6. The molecule has 0 radical (unpaired) electrons. The zero-order valence-corrected chi connectivity index (χ0v) is 18.0. The number of ether oxygens (including phenoxy) is 1. The highest BCUT2D eigenvalue weighted by atomic mass is 32.2. The van der Waals surface area contributed by atoms with Gasteiger partial charge in [-0.15, -0.1) is 0 Å². The van der Waals surface area contributed by atoms with Crippen LogP contribution >= 0.6 is 0 Å². The largest absolute Gasteiger partial charge is 0.492 e. The Morgan fingerprint density at radius 3 is 2.45 bits per heavy atom. The Kier molecular flexibility index (Phi) is 6.59. The highest BCUT2D eigenvalue weighted by Gasteiger charge is 2.29. The third-order valence-corrected chi connectivity index (χ3v) is 6.98. The van der Waals surface area contributed by atoms with Gasteiger partial charge < -0.3 is 10.1 Å². The molecule has 1 amide bonds. The lowest BCUT2D eigenvalue weighted by Crippen LogP contribution is -2.35. The van der Waals surface area contributed by atoms with Gasteiger partial charge in [-0.1, -0.05) is 24.1 Å². The van der Waals surface area contributed by atoms with Crippen LogP contribution in [-0.4, -0.2) is 38.3 Å². The zero-order chi connectivity index (χ0) is 21.0. The smallest absolute Gasteiger partial charge is 0.255 e. The first kappa shape index (κ1) is 21.3. The number of piperidine rings is 1. The molecule has 1 aliphatic rings. The maximum Gasteiger partial charge on any atom is 0.255 e. The molecular formula is C22H28N2O4S. The standard InChI is InChI=1S/C22H28N2O4S/c1-4-28-20-11-9-18(23-22(25)19-10-8-16(2)14-17(19)3)15-21(20)29(26,27)24-12-6-5-7-13-24/h8-11,14-15H,4-7,12-13H2,1-3H3,(H,23,25). The minimum atomic E-state index is -3.69. The lowest BCUT2D eigenvalue weighted by atomic mass is 10.1. The average Bonchev–Trinajstić information content (AvgIpc) is 2.69. The molecule has 1 saturated heterocycles. The van der Waals surface area contributed by atoms with E-state index >= 15 is 0 Å². The highest BCUT2D eigenvalue weighted by molar-refractivity contribution is 7.89. The van der Waals surface area contributed by atoms with Gasteiger partial charge in [-0.2, -0.15) is 4.31 Å². The van der Waals surface area contributed by atoms with E-state index in [1.54, 1.807) is 18.2 Å². The van der Waals surface area contributed by atoms with E-state index in [4.69, 9.17) is 4.74 Å². The fourth-order valence-electron chi connectivity index (χ4n) is 3.57. The molecule has 156 valence electrons. The van der Waals surface area contributed by atoms with E-state index in [0.717, 1.165) is 30.4 Å². The Labute approximate surface area is 172 Å². The lowest BCUT2D eigenvalue weighted by molar-refractivity contribution is 0.102. The van der Waals surface area contributed by atoms with Gasteiger partial charge in [0.15, 0.2) is 0 Å². The summed E-state index contributed by atoms with van der Waals surface area (Å²) in [5, 5.41) is 2.83. The number of nitrogens with zero attached hydrogens (tertiary/aromatic N) is 1. The Balaban J connectivity index is 1.93. The molecule has 1 fully saturated rings. The van der Waals surface area contributed by atoms with Crippen molar-refractivity contribution in [1.29, 1.82) is 0 Å². The third-order valence-electron chi connectivity index (χ3n) is 5.06. The number of hydrogen-bond donors (Lipinski definition) is 1. The minimum Gasteiger partial charge on any atom is -0.492 e. The van der Waals surface area contributed by atoms with Crippen molar-refractivity contribution >= 4 is 21.6 Å². The van der Waals surface area contributed by atoms with E-state index in [1.807, 2.05) is 32.9 Å². The molecular weight excluding hydrogens is 388 g/mol. The highest BCUT2D eigenvalue weighted by Crippen LogP contribution is 2.31. The quantitative estimate of drug-likeness (QED) is 0.768. The third kappa shape index (κ3) is 4.79. The van der Waals surface area contributed by atoms with E-state index in [2.05, 4.69) is 5.32 Å². The number of nitrogens with one attached hydrogen (secondary N) is 1. The van der Waals surface area contributed by atoms with Crippen molar-refractivity contribution in [3.05, 3.63) is 53.1 Å². The molecule has 3 rings (SSSR count). The number of amides is 1. The maximum atomic E-state index is 13.2. The van der Waals surface area contributed by atoms with Gasteiger partial charge in [-0.25, -0.2) is 8.42 Å². The number of carbonyl (C=O) groups excluding carboxylic acids is 1. The van der Waals surface area contributed by atoms with E-state index < -0.39 is 10.0 Å². The second-order valence-corrected chi connectivity index (χ2v) is 9.24. The lowest BCUT2D eigenvalue weighted by Gasteiger charge is -2.27. The average molecular weight is 417 g/mol. The van der Waals surface area contributed by atoms with Crippen LogP contribution in [0.15, 0.2) is 41.3 Å². The van der Waals surface area contributed by atoms with Gasteiger partial charge in [0.05, 0.1) is 6.61 Å². The second-order valence-electron chi connectivity index (χ2n) is 7.33. The van der Waals surface area contributed by atoms with E-state index in [0.29, 0.717) is 36.7 Å². The molecule has 7 heteroatoms. The van der Waals surface area contributed by atoms with Gasteiger partial charge in [0.1, 0.15) is 10.6 Å². The molecule has 0 unspecified atom stereocenters. The van der Waals surface area contributed by atoms with E-state index in [9.17, 15) is 13.2 Å². The van der Waals surface area contributed by atoms with E-state index in [1.165, 1.54) is 10.4 Å². The van der Waals surface area contributed by atoms with Crippen molar-refractivity contribution in [3.8, 4) is 5.75 Å². The minimum absolute atomic E-state index is 0.0969. The molecule has 0 spiro atoms. The normalized spacial score (nSPS) is 15.1. The summed E-state index contributed by atoms with van der Waals surface area (Å²) in [6, 6.07) is 10.4. The first-order valence-electron chi connectivity index (χ1n) is 9.98. The molecule has 1 N–H and O–H groups in total. The molecule has 6 nitrogen and oxygen atoms in total. The monoisotopic (exact) mass is 416 g/mol. The summed E-state index contributed by atoms with van der Waals surface area (Å²) in [5.41, 5.74) is 2.93. The van der Waals surface area contributed by atoms with Gasteiger partial charge in [-0.3, -0.25) is 4.79 Å². The number of carbonyl (C=O) groups is 1. The summed E-state index contributed by atoms with van der Waals surface area (Å²) in [6.07, 6.45) is 2.75. The van der Waals surface area contributed by atoms with Gasteiger partial charge in [-0.05, 0) is 63.4 Å². The van der Waals surface area contributed by atoms with Gasteiger partial charge in [0.25, 0.3) is 5.91 Å². The van der Waals surface area contributed by atoms with Gasteiger partial charge in [0.2, 0.25) is 10.0 Å². The predicted molar refractivity (Wildman–Crippen MR) is 114 cm³/mol. The molecule has 2 aromatic carbocycles. The number of benzene rings is 2. The molecule has 2 aromatic rings. The second kappa shape index (κ2) is 8.97. The molecule has 0 bridgehead atoms. The van der Waals surface area contributed by atoms with Crippen LogP contribution in [-0.2, 0) is 10.0 Å². The van der Waals surface area contributed by atoms with Gasteiger partial charge >= 0.3 is 0 Å². The zero-order valence-electron chi connectivity index (χ0n) is 17.2. The van der Waals surface area contributed by atoms with Crippen LogP contribution < -0.4 is 10.1 Å². The molecule has 0 atom stereocenters. The Hall–Kier alpha value is -2.38. The fraction of sp³-hybridized carbons (Fsp3) is 0.409. The molecule has 29 heavy (non-hydrogen) atoms. The maximum absolute atomic E-state index is 13.2. The summed E-state index contributed by atoms with van der Waals surface area (Å²) in [5.74, 6) is 0.0376. The molecule has 0 aliphatic carbocycles. The van der Waals surface area contributed by atoms with Crippen LogP contribution in [0, 0.1) is 13.8 Å². The van der Waals surface area contributed by atoms with Crippen LogP contribution in [0.3, 0.4) is 0 Å². The summed E-state index contributed by atoms with van der Waals surface area (Å²) in [4.78, 5) is 12.8. The predicted octanol–water partition coefficient (Wildman–Crippen LogP) is 4.13. The van der Waals surface area contributed by atoms with Crippen molar-refractivity contribution in [2.45, 2.75) is 44.9 Å². The Bertz CT molecular complexity index is 996. The van der Waals surface area contributed by atoms with Crippen LogP contribution in [0.1, 0.15) is 47.7 Å². The van der Waals surface area contributed by atoms with Crippen molar-refractivity contribution < 1.29 is 17.9 Å². The van der Waals surface area contributed by atoms with Crippen LogP contribution in [0.25, 0.3) is 0 Å². The molecule has 1 aliphatic heterocycles.